The van der Waals surface area contributed by atoms with Crippen LogP contribution in [-0.2, 0) is 4.79 Å². The van der Waals surface area contributed by atoms with Crippen LogP contribution in [0.3, 0.4) is 0 Å². The molecule has 1 aliphatic heterocycles. The second kappa shape index (κ2) is 8.14. The van der Waals surface area contributed by atoms with Gasteiger partial charge >= 0.3 is 0 Å². The number of likely N-dealkylation sites (tertiary alicyclic amines) is 1. The number of fused-ring (bicyclic) bond motifs is 1. The van der Waals surface area contributed by atoms with Gasteiger partial charge in [0.05, 0.1) is 35.9 Å². The van der Waals surface area contributed by atoms with E-state index in [-0.39, 0.29) is 11.6 Å². The molecule has 3 N–H and O–H groups in total. The summed E-state index contributed by atoms with van der Waals surface area (Å²) >= 11 is 0. The van der Waals surface area contributed by atoms with Crippen LogP contribution in [0.25, 0.3) is 11.0 Å². The van der Waals surface area contributed by atoms with Crippen LogP contribution in [-0.4, -0.2) is 58.3 Å². The van der Waals surface area contributed by atoms with Gasteiger partial charge in [-0.05, 0) is 38.3 Å². The number of halogens is 2. The fraction of sp³-hybridized carbons (Fsp3) is 0.474. The average Bonchev–Trinajstić information content (AvgIpc) is 2.64. The first kappa shape index (κ1) is 20.1. The summed E-state index contributed by atoms with van der Waals surface area (Å²) in [5.74, 6) is -3.54. The van der Waals surface area contributed by atoms with Gasteiger partial charge in [0.15, 0.2) is 0 Å². The molecule has 1 atom stereocenters. The fourth-order valence-corrected chi connectivity index (χ4v) is 3.10. The first-order valence-corrected chi connectivity index (χ1v) is 9.20. The predicted octanol–water partition coefficient (Wildman–Crippen LogP) is 1.64. The van der Waals surface area contributed by atoms with Crippen LogP contribution < -0.4 is 11.1 Å². The molecule has 0 aliphatic carbocycles. The number of benzene rings is 1. The molecule has 150 valence electrons. The van der Waals surface area contributed by atoms with Gasteiger partial charge in [0, 0.05) is 6.54 Å². The highest BCUT2D eigenvalue weighted by atomic mass is 19.3. The van der Waals surface area contributed by atoms with Gasteiger partial charge in [-0.2, -0.15) is 0 Å². The molecule has 0 saturated carbocycles. The van der Waals surface area contributed by atoms with Gasteiger partial charge in [-0.1, -0.05) is 12.1 Å². The lowest BCUT2D eigenvalue weighted by Crippen LogP contribution is -2.61. The molecule has 1 aromatic carbocycles. The van der Waals surface area contributed by atoms with Crippen molar-refractivity contribution in [1.29, 1.82) is 0 Å². The third-order valence-corrected chi connectivity index (χ3v) is 4.66. The maximum Gasteiger partial charge on any atom is 0.282 e. The Hall–Kier alpha value is -2.68. The number of hydrogen-bond acceptors (Lipinski definition) is 5. The molecule has 1 aliphatic rings. The van der Waals surface area contributed by atoms with E-state index in [1.807, 2.05) is 18.2 Å². The van der Waals surface area contributed by atoms with Gasteiger partial charge in [-0.3, -0.25) is 9.59 Å². The van der Waals surface area contributed by atoms with Crippen molar-refractivity contribution in [2.45, 2.75) is 38.2 Å². The van der Waals surface area contributed by atoms with E-state index in [2.05, 4.69) is 15.3 Å². The van der Waals surface area contributed by atoms with Crippen LogP contribution in [0.1, 0.15) is 35.4 Å². The van der Waals surface area contributed by atoms with E-state index in [0.717, 1.165) is 10.4 Å². The van der Waals surface area contributed by atoms with Crippen molar-refractivity contribution in [3.05, 3.63) is 35.7 Å². The van der Waals surface area contributed by atoms with Crippen LogP contribution >= 0.6 is 0 Å². The van der Waals surface area contributed by atoms with Gasteiger partial charge in [0.1, 0.15) is 5.69 Å². The SMILES string of the molecule is Cc1nc2ccccc2nc1C(=O)NCCCCC(N)C(=O)N1CC(F)(F)C1. The van der Waals surface area contributed by atoms with Gasteiger partial charge < -0.3 is 16.0 Å². The van der Waals surface area contributed by atoms with Crippen molar-refractivity contribution in [3.63, 3.8) is 0 Å². The molecule has 28 heavy (non-hydrogen) atoms. The molecule has 1 fully saturated rings. The molecule has 1 saturated heterocycles. The monoisotopic (exact) mass is 391 g/mol. The Morgan fingerprint density at radius 3 is 2.50 bits per heavy atom. The van der Waals surface area contributed by atoms with Crippen LogP contribution in [0.2, 0.25) is 0 Å². The summed E-state index contributed by atoms with van der Waals surface area (Å²) in [6.07, 6.45) is 1.59. The molecular weight excluding hydrogens is 368 g/mol. The zero-order chi connectivity index (χ0) is 20.3. The van der Waals surface area contributed by atoms with Crippen molar-refractivity contribution in [3.8, 4) is 0 Å². The highest BCUT2D eigenvalue weighted by Crippen LogP contribution is 2.27. The molecule has 0 bridgehead atoms. The van der Waals surface area contributed by atoms with E-state index in [4.69, 9.17) is 5.73 Å². The van der Waals surface area contributed by atoms with Gasteiger partial charge in [-0.25, -0.2) is 18.7 Å². The zero-order valence-corrected chi connectivity index (χ0v) is 15.6. The van der Waals surface area contributed by atoms with E-state index in [0.29, 0.717) is 37.0 Å². The van der Waals surface area contributed by atoms with Crippen LogP contribution in [0, 0.1) is 6.92 Å². The van der Waals surface area contributed by atoms with Crippen molar-refractivity contribution < 1.29 is 18.4 Å². The first-order chi connectivity index (χ1) is 13.3. The fourth-order valence-electron chi connectivity index (χ4n) is 3.10. The van der Waals surface area contributed by atoms with Crippen LogP contribution in [0.15, 0.2) is 24.3 Å². The molecular formula is C19H23F2N5O2. The zero-order valence-electron chi connectivity index (χ0n) is 15.6. The Morgan fingerprint density at radius 2 is 1.86 bits per heavy atom. The number of para-hydroxylation sites is 2. The third-order valence-electron chi connectivity index (χ3n) is 4.66. The Kier molecular flexibility index (Phi) is 5.83. The number of nitrogens with zero attached hydrogens (tertiary/aromatic N) is 3. The van der Waals surface area contributed by atoms with E-state index < -0.39 is 31.0 Å². The van der Waals surface area contributed by atoms with Crippen LogP contribution in [0.5, 0.6) is 0 Å². The van der Waals surface area contributed by atoms with Gasteiger partial charge in [0.25, 0.3) is 11.8 Å². The second-order valence-corrected chi connectivity index (χ2v) is 7.05. The number of aromatic nitrogens is 2. The molecule has 1 unspecified atom stereocenters. The number of alkyl halides is 2. The minimum atomic E-state index is -2.79. The van der Waals surface area contributed by atoms with E-state index in [1.54, 1.807) is 13.0 Å². The quantitative estimate of drug-likeness (QED) is 0.699. The molecule has 2 aromatic rings. The Balaban J connectivity index is 1.41. The number of carbonyl (C=O) groups excluding carboxylic acids is 2. The molecule has 3 rings (SSSR count). The molecule has 7 nitrogen and oxygen atoms in total. The summed E-state index contributed by atoms with van der Waals surface area (Å²) in [6, 6.07) is 6.53. The normalized spacial score (nSPS) is 16.5. The summed E-state index contributed by atoms with van der Waals surface area (Å²) in [4.78, 5) is 34.1. The van der Waals surface area contributed by atoms with Crippen molar-refractivity contribution >= 4 is 22.8 Å². The largest absolute Gasteiger partial charge is 0.351 e. The minimum Gasteiger partial charge on any atom is -0.351 e. The summed E-state index contributed by atoms with van der Waals surface area (Å²) in [6.45, 7) is 1.03. The smallest absolute Gasteiger partial charge is 0.282 e. The van der Waals surface area contributed by atoms with Crippen molar-refractivity contribution in [1.82, 2.24) is 20.2 Å². The number of hydrogen-bond donors (Lipinski definition) is 2. The molecule has 9 heteroatoms. The number of nitrogens with two attached hydrogens (primary N) is 1. The highest BCUT2D eigenvalue weighted by molar-refractivity contribution is 5.95. The maximum absolute atomic E-state index is 12.8. The number of rotatable bonds is 7. The van der Waals surface area contributed by atoms with E-state index in [1.165, 1.54) is 0 Å². The summed E-state index contributed by atoms with van der Waals surface area (Å²) in [5.41, 5.74) is 8.00. The summed E-state index contributed by atoms with van der Waals surface area (Å²) in [7, 11) is 0. The molecule has 2 heterocycles. The summed E-state index contributed by atoms with van der Waals surface area (Å²) < 4.78 is 25.6. The molecule has 2 amide bonds. The first-order valence-electron chi connectivity index (χ1n) is 9.20. The molecule has 1 aromatic heterocycles. The van der Waals surface area contributed by atoms with Gasteiger partial charge in [0.2, 0.25) is 5.91 Å². The van der Waals surface area contributed by atoms with Crippen molar-refractivity contribution in [2.75, 3.05) is 19.6 Å². The van der Waals surface area contributed by atoms with E-state index >= 15 is 0 Å². The van der Waals surface area contributed by atoms with Gasteiger partial charge in [-0.15, -0.1) is 0 Å². The van der Waals surface area contributed by atoms with Crippen LogP contribution in [0.4, 0.5) is 8.78 Å². The lowest BCUT2D eigenvalue weighted by atomic mass is 10.1. The molecule has 0 radical (unpaired) electrons. The lowest BCUT2D eigenvalue weighted by Gasteiger charge is -2.39. The Morgan fingerprint density at radius 1 is 1.21 bits per heavy atom. The Labute approximate surface area is 161 Å². The standard InChI is InChI=1S/C19H23F2N5O2/c1-12-16(25-15-8-3-2-7-14(15)24-12)17(27)23-9-5-4-6-13(22)18(28)26-10-19(20,21)11-26/h2-3,7-8,13H,4-6,9-11,22H2,1H3,(H,23,27). The number of amides is 2. The topological polar surface area (TPSA) is 101 Å². The van der Waals surface area contributed by atoms with Crippen molar-refractivity contribution in [2.24, 2.45) is 5.73 Å². The number of aryl methyl sites for hydroxylation is 1. The highest BCUT2D eigenvalue weighted by Gasteiger charge is 2.47. The number of carbonyl (C=O) groups is 2. The predicted molar refractivity (Wildman–Crippen MR) is 100.0 cm³/mol. The summed E-state index contributed by atoms with van der Waals surface area (Å²) in [5, 5.41) is 2.79. The molecule has 0 spiro atoms. The minimum absolute atomic E-state index is 0.282. The average molecular weight is 391 g/mol. The maximum atomic E-state index is 12.8. The lowest BCUT2D eigenvalue weighted by molar-refractivity contribution is -0.167. The number of unbranched alkanes of at least 4 members (excludes halogenated alkanes) is 1. The number of nitrogens with one attached hydrogen (secondary N) is 1. The second-order valence-electron chi connectivity index (χ2n) is 7.05. The third kappa shape index (κ3) is 4.59. The Bertz CT molecular complexity index is 882. The van der Waals surface area contributed by atoms with E-state index in [9.17, 15) is 18.4 Å².